The molecule has 0 aromatic rings. The highest BCUT2D eigenvalue weighted by Gasteiger charge is 2.32. The van der Waals surface area contributed by atoms with Crippen LogP contribution in [0.3, 0.4) is 0 Å². The Morgan fingerprint density at radius 1 is 1.47 bits per heavy atom. The molecule has 0 spiro atoms. The zero-order valence-corrected chi connectivity index (χ0v) is 13.8. The molecule has 0 saturated carbocycles. The van der Waals surface area contributed by atoms with E-state index in [4.69, 9.17) is 16.3 Å². The number of hydrogen-bond acceptors (Lipinski definition) is 4. The minimum absolute atomic E-state index is 0.185. The molecule has 0 aromatic heterocycles. The van der Waals surface area contributed by atoms with Gasteiger partial charge in [0, 0.05) is 26.6 Å². The highest BCUT2D eigenvalue weighted by atomic mass is 35.5. The van der Waals surface area contributed by atoms with Crippen LogP contribution in [0.1, 0.15) is 6.92 Å². The number of ether oxygens (including phenoxy) is 1. The first-order valence-electron chi connectivity index (χ1n) is 6.59. The average Bonchev–Trinajstić information content (AvgIpc) is 2.42. The highest BCUT2D eigenvalue weighted by Crippen LogP contribution is 2.29. The van der Waals surface area contributed by atoms with Crippen LogP contribution < -0.4 is 5.32 Å². The molecule has 0 aromatic carbocycles. The van der Waals surface area contributed by atoms with Gasteiger partial charge < -0.3 is 15.0 Å². The van der Waals surface area contributed by atoms with Gasteiger partial charge in [0.25, 0.3) is 0 Å². The lowest BCUT2D eigenvalue weighted by molar-refractivity contribution is 0.0647. The smallest absolute Gasteiger partial charge is 0.149 e. The Labute approximate surface area is 121 Å². The topological polar surface area (TPSA) is 36.9 Å². The third kappa shape index (κ3) is 3.61. The van der Waals surface area contributed by atoms with Crippen molar-refractivity contribution < 1.29 is 4.74 Å². The minimum Gasteiger partial charge on any atom is -0.361 e. The van der Waals surface area contributed by atoms with Crippen LogP contribution in [-0.4, -0.2) is 38.0 Å². The first-order valence-corrected chi connectivity index (χ1v) is 10.7. The Bertz CT molecular complexity index is 440. The number of rotatable bonds is 5. The molecule has 0 amide bonds. The molecule has 0 radical (unpaired) electrons. The Kier molecular flexibility index (Phi) is 4.38. The van der Waals surface area contributed by atoms with E-state index in [2.05, 4.69) is 34.9 Å². The van der Waals surface area contributed by atoms with Crippen molar-refractivity contribution in [2.45, 2.75) is 38.1 Å². The van der Waals surface area contributed by atoms with E-state index >= 15 is 0 Å². The van der Waals surface area contributed by atoms with Crippen molar-refractivity contribution in [3.8, 4) is 0 Å². The number of halogens is 1. The highest BCUT2D eigenvalue weighted by molar-refractivity contribution is 6.76. The molecular weight excluding hydrogens is 278 g/mol. The van der Waals surface area contributed by atoms with E-state index in [-0.39, 0.29) is 5.50 Å². The fraction of sp³-hybridized carbons (Fsp3) is 0.615. The number of aliphatic imine (C=N–C) groups is 1. The van der Waals surface area contributed by atoms with Gasteiger partial charge in [-0.25, -0.2) is 0 Å². The summed E-state index contributed by atoms with van der Waals surface area (Å²) in [4.78, 5) is 6.42. The van der Waals surface area contributed by atoms with Crippen LogP contribution in [0.25, 0.3) is 0 Å². The van der Waals surface area contributed by atoms with E-state index in [1.165, 1.54) is 6.04 Å². The van der Waals surface area contributed by atoms with E-state index in [9.17, 15) is 0 Å². The Hall–Kier alpha value is -0.783. The fourth-order valence-electron chi connectivity index (χ4n) is 1.84. The molecule has 0 aliphatic carbocycles. The number of allylic oxidation sites excluding steroid dienone is 2. The lowest BCUT2D eigenvalue weighted by Crippen LogP contribution is -2.46. The molecule has 2 aliphatic heterocycles. The summed E-state index contributed by atoms with van der Waals surface area (Å²) in [5, 5.41) is 3.17. The van der Waals surface area contributed by atoms with Crippen LogP contribution >= 0.6 is 11.6 Å². The summed E-state index contributed by atoms with van der Waals surface area (Å²) < 4.78 is 5.81. The lowest BCUT2D eigenvalue weighted by atomic mass is 10.2. The molecule has 1 N–H and O–H groups in total. The average molecular weight is 300 g/mol. The molecule has 19 heavy (non-hydrogen) atoms. The van der Waals surface area contributed by atoms with Crippen molar-refractivity contribution in [3.63, 3.8) is 0 Å². The summed E-state index contributed by atoms with van der Waals surface area (Å²) in [7, 11) is -1.03. The Balaban J connectivity index is 1.92. The van der Waals surface area contributed by atoms with Crippen LogP contribution in [-0.2, 0) is 4.74 Å². The maximum atomic E-state index is 6.06. The second-order valence-corrected chi connectivity index (χ2v) is 12.2. The monoisotopic (exact) mass is 299 g/mol. The molecule has 0 fully saturated rings. The fourth-order valence-corrected chi connectivity index (χ4v) is 2.86. The summed E-state index contributed by atoms with van der Waals surface area (Å²) in [6, 6.07) is 1.18. The first-order chi connectivity index (χ1) is 8.88. The summed E-state index contributed by atoms with van der Waals surface area (Å²) in [5.41, 5.74) is 1.82. The van der Waals surface area contributed by atoms with Crippen LogP contribution in [0.2, 0.25) is 25.7 Å². The maximum Gasteiger partial charge on any atom is 0.149 e. The molecule has 1 atom stereocenters. The minimum atomic E-state index is -1.03. The molecule has 2 aliphatic rings. The second kappa shape index (κ2) is 5.69. The first kappa shape index (κ1) is 14.6. The van der Waals surface area contributed by atoms with Crippen LogP contribution in [0, 0.1) is 0 Å². The Morgan fingerprint density at radius 2 is 2.21 bits per heavy atom. The van der Waals surface area contributed by atoms with Crippen molar-refractivity contribution in [1.29, 1.82) is 0 Å². The summed E-state index contributed by atoms with van der Waals surface area (Å²) >= 11 is 6.06. The number of alkyl halides is 1. The van der Waals surface area contributed by atoms with Gasteiger partial charge in [0.1, 0.15) is 23.7 Å². The lowest BCUT2D eigenvalue weighted by Gasteiger charge is -2.36. The van der Waals surface area contributed by atoms with Crippen LogP contribution in [0.4, 0.5) is 0 Å². The van der Waals surface area contributed by atoms with Crippen molar-refractivity contribution >= 4 is 25.9 Å². The standard InChI is InChI=1S/C13H22ClN3OSi/c1-10-5-6-15-11-12(14)16-13(11)17(10)9-18-7-8-19(2,3)4/h5-6,12,16H,7-9H2,1-4H3/t12-/m0/s1. The molecular formula is C13H22ClN3OSi. The molecule has 2 rings (SSSR count). The summed E-state index contributed by atoms with van der Waals surface area (Å²) in [6.45, 7) is 10.5. The van der Waals surface area contributed by atoms with Gasteiger partial charge in [-0.2, -0.15) is 0 Å². The van der Waals surface area contributed by atoms with Crippen molar-refractivity contribution in [2.24, 2.45) is 4.99 Å². The largest absolute Gasteiger partial charge is 0.361 e. The van der Waals surface area contributed by atoms with Gasteiger partial charge in [-0.15, -0.1) is 0 Å². The van der Waals surface area contributed by atoms with Gasteiger partial charge in [0.2, 0.25) is 0 Å². The van der Waals surface area contributed by atoms with E-state index in [1.54, 1.807) is 6.21 Å². The second-order valence-electron chi connectivity index (χ2n) is 6.10. The van der Waals surface area contributed by atoms with Gasteiger partial charge in [-0.3, -0.25) is 4.99 Å². The van der Waals surface area contributed by atoms with Gasteiger partial charge in [-0.05, 0) is 19.0 Å². The Morgan fingerprint density at radius 3 is 2.84 bits per heavy atom. The molecule has 0 unspecified atom stereocenters. The molecule has 4 nitrogen and oxygen atoms in total. The van der Waals surface area contributed by atoms with E-state index in [0.29, 0.717) is 6.73 Å². The molecule has 2 heterocycles. The normalized spacial score (nSPS) is 22.5. The van der Waals surface area contributed by atoms with E-state index < -0.39 is 8.07 Å². The quantitative estimate of drug-likeness (QED) is 0.367. The number of nitrogens with one attached hydrogen (secondary N) is 1. The van der Waals surface area contributed by atoms with Gasteiger partial charge in [0.05, 0.1) is 0 Å². The molecule has 0 bridgehead atoms. The van der Waals surface area contributed by atoms with Crippen LogP contribution in [0.15, 0.2) is 28.3 Å². The predicted molar refractivity (Wildman–Crippen MR) is 82.9 cm³/mol. The third-order valence-electron chi connectivity index (χ3n) is 3.19. The maximum absolute atomic E-state index is 6.06. The van der Waals surface area contributed by atoms with Crippen molar-refractivity contribution in [3.05, 3.63) is 23.3 Å². The van der Waals surface area contributed by atoms with Crippen molar-refractivity contribution in [1.82, 2.24) is 10.2 Å². The van der Waals surface area contributed by atoms with Crippen LogP contribution in [0.5, 0.6) is 0 Å². The van der Waals surface area contributed by atoms with E-state index in [1.807, 2.05) is 13.0 Å². The zero-order chi connectivity index (χ0) is 14.0. The zero-order valence-electron chi connectivity index (χ0n) is 12.0. The van der Waals surface area contributed by atoms with Gasteiger partial charge in [0.15, 0.2) is 0 Å². The third-order valence-corrected chi connectivity index (χ3v) is 5.21. The number of nitrogens with zero attached hydrogens (tertiary/aromatic N) is 2. The molecule has 0 saturated heterocycles. The summed E-state index contributed by atoms with van der Waals surface area (Å²) in [6.07, 6.45) is 3.77. The van der Waals surface area contributed by atoms with Crippen molar-refractivity contribution in [2.75, 3.05) is 13.3 Å². The van der Waals surface area contributed by atoms with Gasteiger partial charge in [-0.1, -0.05) is 31.2 Å². The molecule has 106 valence electrons. The van der Waals surface area contributed by atoms with E-state index in [0.717, 1.165) is 23.8 Å². The predicted octanol–water partition coefficient (Wildman–Crippen LogP) is 2.93. The number of hydrogen-bond donors (Lipinski definition) is 1. The SMILES string of the molecule is CC1=CC=NC2=C(N[C@@H]2Cl)N1COCC[Si](C)(C)C. The summed E-state index contributed by atoms with van der Waals surface area (Å²) in [5.74, 6) is 0.968. The van der Waals surface area contributed by atoms with Gasteiger partial charge >= 0.3 is 0 Å². The molecule has 6 heteroatoms.